The molecule has 148 heavy (non-hydrogen) atoms. The molecule has 6 aliphatic rings. The molecule has 7 aromatic rings. The Morgan fingerprint density at radius 1 is 0.399 bits per heavy atom. The molecule has 0 atom stereocenters. The van der Waals surface area contributed by atoms with Crippen LogP contribution >= 0.6 is 22.6 Å². The molecule has 4 aliphatic carbocycles. The van der Waals surface area contributed by atoms with Crippen LogP contribution in [0.4, 0.5) is 0 Å². The molecule has 2 heterocycles. The molecule has 13 rings (SSSR count). The smallest absolute Gasteiger partial charge is 0.379 e. The molecule has 0 bridgehead atoms. The summed E-state index contributed by atoms with van der Waals surface area (Å²) in [5, 5.41) is 29.0. The van der Waals surface area contributed by atoms with Crippen LogP contribution in [0.5, 0.6) is 40.2 Å². The Morgan fingerprint density at radius 3 is 1.13 bits per heavy atom. The number of carbonyl (C=O) groups excluding carboxylic acids is 4. The number of carboxylic acid groups (broad SMARTS) is 1. The van der Waals surface area contributed by atoms with Crippen molar-refractivity contribution in [1.29, 1.82) is 0 Å². The van der Waals surface area contributed by atoms with E-state index in [0.29, 0.717) is 105 Å². The van der Waals surface area contributed by atoms with Crippen molar-refractivity contribution in [3.05, 3.63) is 217 Å². The van der Waals surface area contributed by atoms with E-state index in [1.807, 2.05) is 102 Å². The number of fused-ring (bicyclic) bond motifs is 4. The van der Waals surface area contributed by atoms with Crippen LogP contribution in [-0.2, 0) is 175 Å². The average Bonchev–Trinajstić information content (AvgIpc) is 1.58. The Bertz CT molecular complexity index is 5240. The van der Waals surface area contributed by atoms with E-state index in [1.54, 1.807) is 90.8 Å². The van der Waals surface area contributed by atoms with E-state index in [9.17, 15) is 39.3 Å². The Balaban J connectivity index is 0.000000305. The van der Waals surface area contributed by atoms with Crippen LogP contribution in [0.2, 0.25) is 72.5 Å². The fraction of sp³-hybridized carbons (Fsp3) is 0.558. The molecule has 0 amide bonds. The fourth-order valence-electron chi connectivity index (χ4n) is 15.3. The number of rotatable bonds is 42. The van der Waals surface area contributed by atoms with Gasteiger partial charge in [-0.1, -0.05) is 175 Å². The predicted molar refractivity (Wildman–Crippen MR) is 589 cm³/mol. The van der Waals surface area contributed by atoms with Crippen LogP contribution in [0.3, 0.4) is 0 Å². The molecule has 3 N–H and O–H groups in total. The maximum atomic E-state index is 12.7. The van der Waals surface area contributed by atoms with Crippen LogP contribution < -0.4 is 28.4 Å². The fourth-order valence-corrected chi connectivity index (χ4v) is 19.1. The van der Waals surface area contributed by atoms with Crippen molar-refractivity contribution in [2.45, 2.75) is 296 Å². The summed E-state index contributed by atoms with van der Waals surface area (Å²) in [4.78, 5) is 64.2. The minimum absolute atomic E-state index is 0. The number of hydrogen-bond acceptors (Lipinski definition) is 28. The first-order valence-corrected chi connectivity index (χ1v) is 63.2. The molecule has 0 saturated heterocycles. The zero-order chi connectivity index (χ0) is 110. The molecule has 35 heteroatoms. The zero-order valence-electron chi connectivity index (χ0n) is 93.3. The van der Waals surface area contributed by atoms with Crippen molar-refractivity contribution < 1.29 is 156 Å². The molecule has 0 unspecified atom stereocenters. The van der Waals surface area contributed by atoms with Gasteiger partial charge in [0.25, 0.3) is 5.78 Å². The van der Waals surface area contributed by atoms with Gasteiger partial charge in [0.15, 0.2) is 74.0 Å². The summed E-state index contributed by atoms with van der Waals surface area (Å²) in [5.74, 6) is 1.05. The number of carboxylic acids is 1. The van der Waals surface area contributed by atoms with E-state index in [4.69, 9.17) is 98.2 Å². The number of aliphatic hydroxyl groups is 1. The number of halogens is 1. The van der Waals surface area contributed by atoms with Crippen LogP contribution in [-0.4, -0.2) is 195 Å². The van der Waals surface area contributed by atoms with E-state index in [-0.39, 0.29) is 133 Å². The number of aliphatic hydroxyl groups excluding tert-OH is 1. The molecular formula is C113H168IO29Si4V-. The number of benzene rings is 7. The number of esters is 3. The third kappa shape index (κ3) is 36.4. The quantitative estimate of drug-likeness (QED) is 0.00368. The van der Waals surface area contributed by atoms with Gasteiger partial charge in [-0.05, 0) is 232 Å². The molecule has 0 aromatic heterocycles. The summed E-state index contributed by atoms with van der Waals surface area (Å²) in [6.45, 7) is 59.3. The molecule has 2 aliphatic heterocycles. The number of methoxy groups -OCH3 is 6. The Morgan fingerprint density at radius 2 is 0.730 bits per heavy atom. The first kappa shape index (κ1) is 131. The maximum Gasteiger partial charge on any atom is 0.379 e. The van der Waals surface area contributed by atoms with E-state index in [2.05, 4.69) is 159 Å². The minimum atomic E-state index is -2.02. The SMILES string of the molecule is C=C(C(=O)OCC)c1c(CO[Si](C)(C)C(C)(C)C)cccc1OCOC.CCOC(=O)C(=O)c1c(CO[Si](C)(C)C(C)(C)C)cccc1OCOC.CCOC(=O)C1(c2c(CO[Si](C)(C)C(C)(C)C)cccc2OCOC)CC1.COCOc1cccc(CO)c1C1(C(=O)O)CC1.COCOc1cccc(CO[Si](C)(C)C(C)(C)C)c1.COCOc1cccc2c1C1(CC1)COC2.Oc1cccc2c1C1(CC1)COC2.[CH2-]I.[V]. The van der Waals surface area contributed by atoms with Crippen LogP contribution in [0.1, 0.15) is 232 Å². The predicted octanol–water partition coefficient (Wildman–Crippen LogP) is 24.4. The summed E-state index contributed by atoms with van der Waals surface area (Å²) in [6.07, 6.45) is 7.44. The molecular weight excluding hydrogens is 2110 g/mol. The zero-order valence-corrected chi connectivity index (χ0v) is 101. The van der Waals surface area contributed by atoms with Crippen molar-refractivity contribution in [1.82, 2.24) is 0 Å². The maximum absolute atomic E-state index is 12.7. The van der Waals surface area contributed by atoms with Gasteiger partial charge in [0, 0.05) is 99.9 Å². The van der Waals surface area contributed by atoms with Crippen LogP contribution in [0, 0.1) is 4.93 Å². The van der Waals surface area contributed by atoms with Crippen molar-refractivity contribution in [2.24, 2.45) is 0 Å². The minimum Gasteiger partial charge on any atom is -0.508 e. The van der Waals surface area contributed by atoms with Gasteiger partial charge in [-0.2, -0.15) is 0 Å². The number of ether oxygens (including phenoxy) is 17. The van der Waals surface area contributed by atoms with E-state index in [1.165, 1.54) is 43.8 Å². The third-order valence-electron chi connectivity index (χ3n) is 28.4. The average molecular weight is 2280 g/mol. The standard InChI is InChI=1S/C21H34O5Si.C20H32O5Si.C19H30O6Si.C15H26O3Si.C13H16O5.C13H16O3.C11H12O2.CH2I.V/c1-8-24-19(22)21(12-13-21)18-16(10-9-11-17(18)25-15-23-5)14-26-27(6,7)20(2,3)4;1-9-23-19(21)15(2)18-16(11-10-12-17(18)24-14-22-6)13-25-26(7,8)20(3,4)5;1-8-23-18(21)17(20)16-14(10-9-11-15(16)24-13-22-5)12-25-26(6,7)19(2,3)4;1-15(2,3)19(5,6)18-11-13-8-7-9-14(10-13)17-12-16-4;1-17-8-18-10-4-2-3-9(7-14)11(10)13(5-6-13)12(15)16;1-14-9-16-11-4-2-3-10-7-15-8-13(5-6-13)12(10)11;12-9-3-1-2-8-6-13-7-11(4-5-11)10(8)9;1-2;/h9-11H,8,12-15H2,1-7H3;10-12H,2,9,13-14H2,1,3-8H3;9-11H,8,12-13H2,1-7H3;7-10H,11-12H2,1-6H3;2-4,14H,5-8H2,1H3,(H,15,16);2-4H,5-9H2,1H3;1-3,12H,4-7H2;1H2;/q;;;;;;;-1;. The first-order chi connectivity index (χ1) is 69.3. The number of phenolic OH excluding ortho intramolecular Hbond substituents is 1. The van der Waals surface area contributed by atoms with Gasteiger partial charge in [-0.3, -0.25) is 19.3 Å². The molecule has 2 spiro atoms. The number of aliphatic carboxylic acids is 1. The van der Waals surface area contributed by atoms with Gasteiger partial charge < -0.3 is 136 Å². The van der Waals surface area contributed by atoms with Gasteiger partial charge in [-0.15, -0.1) is 0 Å². The largest absolute Gasteiger partial charge is 0.508 e. The van der Waals surface area contributed by atoms with E-state index < -0.39 is 67.8 Å². The second-order valence-corrected chi connectivity index (χ2v) is 62.3. The van der Waals surface area contributed by atoms with Crippen molar-refractivity contribution in [3.63, 3.8) is 0 Å². The van der Waals surface area contributed by atoms with Crippen LogP contribution in [0.15, 0.2) is 140 Å². The topological polar surface area (TPSA) is 340 Å². The van der Waals surface area contributed by atoms with E-state index in [0.717, 1.165) is 78.2 Å². The number of Topliss-reactive ketones (excluding diaryl/α,β-unsaturated/α-hetero) is 1. The van der Waals surface area contributed by atoms with Gasteiger partial charge >= 0.3 is 23.9 Å². The number of aromatic hydroxyl groups is 1. The molecule has 1 radical (unpaired) electrons. The number of ketones is 1. The third-order valence-corrected chi connectivity index (χ3v) is 46.4. The normalized spacial score (nSPS) is 15.0. The van der Waals surface area contributed by atoms with E-state index >= 15 is 0 Å². The monoisotopic (exact) mass is 2280 g/mol. The molecule has 4 fully saturated rings. The Kier molecular flexibility index (Phi) is 52.5. The van der Waals surface area contributed by atoms with Gasteiger partial charge in [0.05, 0.1) is 101 Å². The van der Waals surface area contributed by atoms with Crippen LogP contribution in [0.25, 0.3) is 5.57 Å². The van der Waals surface area contributed by atoms with Gasteiger partial charge in [-0.25, -0.2) is 9.59 Å². The number of hydrogen-bond donors (Lipinski definition) is 3. The first-order valence-electron chi connectivity index (χ1n) is 50.1. The Labute approximate surface area is 910 Å². The van der Waals surface area contributed by atoms with Gasteiger partial charge in [0.2, 0.25) is 0 Å². The summed E-state index contributed by atoms with van der Waals surface area (Å²) in [7, 11) is 1.80. The van der Waals surface area contributed by atoms with Gasteiger partial charge in [0.1, 0.15) is 40.2 Å². The summed E-state index contributed by atoms with van der Waals surface area (Å²) in [5.41, 5.74) is 10.6. The Hall–Kier alpha value is -7.91. The second-order valence-electron chi connectivity index (χ2n) is 43.1. The molecule has 7 aromatic carbocycles. The summed E-state index contributed by atoms with van der Waals surface area (Å²) < 4.78 is 115. The number of phenols is 1. The van der Waals surface area contributed by atoms with Crippen molar-refractivity contribution in [2.75, 3.05) is 116 Å². The summed E-state index contributed by atoms with van der Waals surface area (Å²) >= 11 is 1.90. The molecule has 823 valence electrons. The molecule has 29 nitrogen and oxygen atoms in total. The van der Waals surface area contributed by atoms with Crippen molar-refractivity contribution >= 4 is 91.1 Å². The summed E-state index contributed by atoms with van der Waals surface area (Å²) in [6, 6.07) is 41.6. The molecule has 4 saturated carbocycles. The number of carbonyl (C=O) groups is 5. The van der Waals surface area contributed by atoms with Crippen molar-refractivity contribution in [3.8, 4) is 40.2 Å². The second kappa shape index (κ2) is 59.5.